The van der Waals surface area contributed by atoms with Crippen LogP contribution in [0.4, 0.5) is 0 Å². The summed E-state index contributed by atoms with van der Waals surface area (Å²) in [5.74, 6) is 0.225. The van der Waals surface area contributed by atoms with Gasteiger partial charge in [0.2, 0.25) is 23.6 Å². The van der Waals surface area contributed by atoms with Crippen LogP contribution in [0.15, 0.2) is 24.4 Å². The van der Waals surface area contributed by atoms with Crippen molar-refractivity contribution in [1.82, 2.24) is 25.8 Å². The van der Waals surface area contributed by atoms with Crippen LogP contribution in [0, 0.1) is 17.8 Å². The van der Waals surface area contributed by atoms with Crippen LogP contribution in [-0.2, 0) is 19.2 Å². The number of fused-ring (bicyclic) bond motifs is 3. The van der Waals surface area contributed by atoms with Crippen molar-refractivity contribution in [3.63, 3.8) is 0 Å². The van der Waals surface area contributed by atoms with E-state index >= 15 is 0 Å². The second kappa shape index (κ2) is 16.1. The number of benzene rings is 1. The molecule has 2 aliphatic heterocycles. The van der Waals surface area contributed by atoms with E-state index in [1.54, 1.807) is 31.4 Å². The fourth-order valence-corrected chi connectivity index (χ4v) is 5.97. The Morgan fingerprint density at radius 1 is 1.04 bits per heavy atom. The molecule has 11 heteroatoms. The highest BCUT2D eigenvalue weighted by Gasteiger charge is 2.46. The van der Waals surface area contributed by atoms with Gasteiger partial charge < -0.3 is 30.3 Å². The molecule has 11 nitrogen and oxygen atoms in total. The van der Waals surface area contributed by atoms with Gasteiger partial charge in [0.25, 0.3) is 0 Å². The highest BCUT2D eigenvalue weighted by molar-refractivity contribution is 5.96. The van der Waals surface area contributed by atoms with Gasteiger partial charge in [0, 0.05) is 24.7 Å². The summed E-state index contributed by atoms with van der Waals surface area (Å²) in [6.45, 7) is 12.3. The summed E-state index contributed by atoms with van der Waals surface area (Å²) in [5, 5.41) is 8.73. The highest BCUT2D eigenvalue weighted by Crippen LogP contribution is 2.30. The van der Waals surface area contributed by atoms with Gasteiger partial charge in [-0.2, -0.15) is 0 Å². The van der Waals surface area contributed by atoms with Gasteiger partial charge in [0.15, 0.2) is 0 Å². The standard InChI is InChI=1S/C34H53N5O6/c1-20(2)16-25-31(40)35-14-12-23-19-24(10-11-28(23)44-9)45-29-13-15-39(30(29)33(42)36-25)34(43)26(17-21(3)4)37-32(41)27(38(7)8)18-22(5)6/h10-12,14,19-22,25-27,29-30H,13,15-18H2,1-9H3,(H,35,40)(H,36,42)(H,37,41)/b14-12-. The number of hydrogen-bond donors (Lipinski definition) is 3. The van der Waals surface area contributed by atoms with Gasteiger partial charge in [-0.05, 0) is 75.4 Å². The summed E-state index contributed by atoms with van der Waals surface area (Å²) in [6.07, 6.45) is 4.43. The minimum atomic E-state index is -1.01. The second-order valence-corrected chi connectivity index (χ2v) is 13.7. The molecule has 0 radical (unpaired) electrons. The van der Waals surface area contributed by atoms with Crippen molar-refractivity contribution in [2.45, 2.75) is 97.5 Å². The van der Waals surface area contributed by atoms with Crippen molar-refractivity contribution in [3.05, 3.63) is 30.0 Å². The Kier molecular flexibility index (Phi) is 12.8. The first-order valence-corrected chi connectivity index (χ1v) is 16.1. The van der Waals surface area contributed by atoms with Crippen molar-refractivity contribution in [2.75, 3.05) is 27.7 Å². The van der Waals surface area contributed by atoms with Crippen LogP contribution in [0.5, 0.6) is 11.5 Å². The van der Waals surface area contributed by atoms with Crippen LogP contribution >= 0.6 is 0 Å². The molecule has 3 rings (SSSR count). The molecule has 2 bridgehead atoms. The first-order chi connectivity index (χ1) is 21.2. The third-order valence-corrected chi connectivity index (χ3v) is 8.15. The Hall–Kier alpha value is -3.60. The molecule has 5 unspecified atom stereocenters. The smallest absolute Gasteiger partial charge is 0.247 e. The zero-order valence-corrected chi connectivity index (χ0v) is 28.4. The number of methoxy groups -OCH3 is 1. The Morgan fingerprint density at radius 3 is 2.33 bits per heavy atom. The number of nitrogens with one attached hydrogen (secondary N) is 3. The maximum absolute atomic E-state index is 14.3. The molecule has 1 aromatic rings. The number of ether oxygens (including phenoxy) is 2. The van der Waals surface area contributed by atoms with Gasteiger partial charge in [0.1, 0.15) is 35.7 Å². The lowest BCUT2D eigenvalue weighted by atomic mass is 9.99. The van der Waals surface area contributed by atoms with Crippen molar-refractivity contribution < 1.29 is 28.7 Å². The molecule has 45 heavy (non-hydrogen) atoms. The van der Waals surface area contributed by atoms with Crippen LogP contribution in [-0.4, -0.2) is 91.4 Å². The van der Waals surface area contributed by atoms with Crippen LogP contribution in [0.2, 0.25) is 0 Å². The molecule has 0 saturated carbocycles. The van der Waals surface area contributed by atoms with E-state index in [1.165, 1.54) is 11.1 Å². The molecule has 0 spiro atoms. The van der Waals surface area contributed by atoms with Crippen molar-refractivity contribution >= 4 is 29.7 Å². The third-order valence-electron chi connectivity index (χ3n) is 8.15. The quantitative estimate of drug-likeness (QED) is 0.344. The zero-order chi connectivity index (χ0) is 33.4. The molecule has 1 saturated heterocycles. The minimum Gasteiger partial charge on any atom is -0.496 e. The van der Waals surface area contributed by atoms with Crippen molar-refractivity contribution in [2.24, 2.45) is 17.8 Å². The Bertz CT molecular complexity index is 1230. The van der Waals surface area contributed by atoms with Crippen LogP contribution < -0.4 is 25.4 Å². The summed E-state index contributed by atoms with van der Waals surface area (Å²) in [4.78, 5) is 58.5. The average molecular weight is 628 g/mol. The number of carbonyl (C=O) groups is 4. The molecule has 2 heterocycles. The zero-order valence-electron chi connectivity index (χ0n) is 28.4. The molecule has 0 aliphatic carbocycles. The lowest BCUT2D eigenvalue weighted by Crippen LogP contribution is -2.60. The van der Waals surface area contributed by atoms with Crippen LogP contribution in [0.3, 0.4) is 0 Å². The van der Waals surface area contributed by atoms with E-state index in [4.69, 9.17) is 9.47 Å². The van der Waals surface area contributed by atoms with E-state index in [0.717, 1.165) is 0 Å². The Balaban J connectivity index is 2.00. The summed E-state index contributed by atoms with van der Waals surface area (Å²) in [5.41, 5.74) is 0.688. The van der Waals surface area contributed by atoms with E-state index < -0.39 is 36.2 Å². The van der Waals surface area contributed by atoms with E-state index in [0.29, 0.717) is 42.7 Å². The second-order valence-electron chi connectivity index (χ2n) is 13.7. The first-order valence-electron chi connectivity index (χ1n) is 16.1. The number of likely N-dealkylation sites (N-methyl/N-ethyl adjacent to an activating group) is 1. The number of hydrogen-bond acceptors (Lipinski definition) is 7. The summed E-state index contributed by atoms with van der Waals surface area (Å²) >= 11 is 0. The van der Waals surface area contributed by atoms with Gasteiger partial charge in [-0.1, -0.05) is 41.5 Å². The molecular weight excluding hydrogens is 574 g/mol. The Morgan fingerprint density at radius 2 is 1.73 bits per heavy atom. The van der Waals surface area contributed by atoms with Gasteiger partial charge >= 0.3 is 0 Å². The number of carbonyl (C=O) groups excluding carboxylic acids is 4. The molecule has 1 aromatic carbocycles. The minimum absolute atomic E-state index is 0.107. The fraction of sp³-hybridized carbons (Fsp3) is 0.647. The normalized spacial score (nSPS) is 22.4. The van der Waals surface area contributed by atoms with E-state index in [1.807, 2.05) is 46.7 Å². The molecule has 1 fully saturated rings. The van der Waals surface area contributed by atoms with E-state index in [-0.39, 0.29) is 42.0 Å². The molecular formula is C34H53N5O6. The average Bonchev–Trinajstić information content (AvgIpc) is 3.37. The summed E-state index contributed by atoms with van der Waals surface area (Å²) < 4.78 is 11.9. The summed E-state index contributed by atoms with van der Waals surface area (Å²) in [6, 6.07) is 2.24. The predicted octanol–water partition coefficient (Wildman–Crippen LogP) is 3.18. The molecule has 4 amide bonds. The Labute approximate surface area is 268 Å². The van der Waals surface area contributed by atoms with Gasteiger partial charge in [0.05, 0.1) is 13.2 Å². The number of likely N-dealkylation sites (tertiary alicyclic amines) is 1. The molecule has 3 N–H and O–H groups in total. The maximum Gasteiger partial charge on any atom is 0.247 e. The van der Waals surface area contributed by atoms with Crippen molar-refractivity contribution in [3.8, 4) is 11.5 Å². The highest BCUT2D eigenvalue weighted by atomic mass is 16.5. The van der Waals surface area contributed by atoms with Gasteiger partial charge in [-0.3, -0.25) is 24.1 Å². The topological polar surface area (TPSA) is 129 Å². The number of amides is 4. The SMILES string of the molecule is COc1ccc2cc1/C=C\NC(=O)C(CC(C)C)NC(=O)C1C(CCN1C(=O)C(CC(C)C)NC(=O)C(CC(C)C)N(C)C)O2. The largest absolute Gasteiger partial charge is 0.496 e. The monoisotopic (exact) mass is 627 g/mol. The lowest BCUT2D eigenvalue weighted by molar-refractivity contribution is -0.144. The van der Waals surface area contributed by atoms with Crippen LogP contribution in [0.1, 0.15) is 72.8 Å². The summed E-state index contributed by atoms with van der Waals surface area (Å²) in [7, 11) is 5.28. The first kappa shape index (κ1) is 35.9. The number of rotatable bonds is 11. The molecule has 2 aliphatic rings. The molecule has 0 aromatic heterocycles. The van der Waals surface area contributed by atoms with E-state index in [2.05, 4.69) is 29.8 Å². The predicted molar refractivity (Wildman–Crippen MR) is 174 cm³/mol. The number of nitrogens with zero attached hydrogens (tertiary/aromatic N) is 2. The van der Waals surface area contributed by atoms with Gasteiger partial charge in [-0.15, -0.1) is 0 Å². The van der Waals surface area contributed by atoms with Crippen LogP contribution in [0.25, 0.3) is 6.08 Å². The van der Waals surface area contributed by atoms with Crippen molar-refractivity contribution in [1.29, 1.82) is 0 Å². The maximum atomic E-state index is 14.3. The van der Waals surface area contributed by atoms with E-state index in [9.17, 15) is 19.2 Å². The fourth-order valence-electron chi connectivity index (χ4n) is 5.97. The third kappa shape index (κ3) is 9.69. The molecule has 250 valence electrons. The van der Waals surface area contributed by atoms with Gasteiger partial charge in [-0.25, -0.2) is 0 Å². The lowest BCUT2D eigenvalue weighted by Gasteiger charge is -2.33. The molecule has 5 atom stereocenters.